The molecule has 1 heterocycles. The number of hydrogen-bond acceptors (Lipinski definition) is 5. The third kappa shape index (κ3) is 3.88. The summed E-state index contributed by atoms with van der Waals surface area (Å²) in [6.07, 6.45) is 0. The molecule has 21 heavy (non-hydrogen) atoms. The Bertz CT molecular complexity index is 670. The van der Waals surface area contributed by atoms with Crippen LogP contribution in [-0.4, -0.2) is 45.9 Å². The van der Waals surface area contributed by atoms with Gasteiger partial charge in [0.25, 0.3) is 0 Å². The van der Waals surface area contributed by atoms with Gasteiger partial charge in [-0.15, -0.1) is 0 Å². The number of aliphatic carboxylic acids is 1. The largest absolute Gasteiger partial charge is 0.497 e. The Morgan fingerprint density at radius 2 is 2.29 bits per heavy atom. The van der Waals surface area contributed by atoms with Gasteiger partial charge >= 0.3 is 5.97 Å². The van der Waals surface area contributed by atoms with Crippen molar-refractivity contribution in [1.29, 1.82) is 0 Å². The number of hydrogen-bond donors (Lipinski definition) is 3. The van der Waals surface area contributed by atoms with Gasteiger partial charge in [-0.3, -0.25) is 4.79 Å². The molecule has 0 aliphatic rings. The maximum absolute atomic E-state index is 11.0. The first kappa shape index (κ1) is 15.2. The van der Waals surface area contributed by atoms with Crippen LogP contribution in [0.1, 0.15) is 6.92 Å². The molecule has 0 aliphatic heterocycles. The number of H-pyrrole nitrogens is 1. The van der Waals surface area contributed by atoms with Crippen LogP contribution in [0.4, 0.5) is 0 Å². The van der Waals surface area contributed by atoms with Gasteiger partial charge in [-0.25, -0.2) is 9.78 Å². The van der Waals surface area contributed by atoms with Crippen LogP contribution in [0.5, 0.6) is 5.75 Å². The van der Waals surface area contributed by atoms with Crippen LogP contribution in [0.2, 0.25) is 0 Å². The predicted molar refractivity (Wildman–Crippen MR) is 78.6 cm³/mol. The second kappa shape index (κ2) is 6.49. The number of imidazole rings is 1. The summed E-state index contributed by atoms with van der Waals surface area (Å²) in [6.45, 7) is 1.29. The lowest BCUT2D eigenvalue weighted by atomic mass is 10.3. The molecule has 0 fully saturated rings. The monoisotopic (exact) mass is 309 g/mol. The Labute approximate surface area is 125 Å². The minimum Gasteiger partial charge on any atom is -0.497 e. The zero-order valence-corrected chi connectivity index (χ0v) is 12.4. The average Bonchev–Trinajstić information content (AvgIpc) is 2.84. The van der Waals surface area contributed by atoms with Gasteiger partial charge < -0.3 is 20.1 Å². The highest BCUT2D eigenvalue weighted by molar-refractivity contribution is 7.99. The van der Waals surface area contributed by atoms with Crippen molar-refractivity contribution < 1.29 is 19.4 Å². The Hall–Kier alpha value is -2.22. The molecule has 0 saturated carbocycles. The molecule has 2 aromatic rings. The highest BCUT2D eigenvalue weighted by Crippen LogP contribution is 2.23. The number of aromatic nitrogens is 2. The quantitative estimate of drug-likeness (QED) is 0.694. The van der Waals surface area contributed by atoms with Crippen molar-refractivity contribution >= 4 is 34.7 Å². The molecule has 2 rings (SSSR count). The number of carbonyl (C=O) groups is 2. The number of rotatable bonds is 6. The zero-order chi connectivity index (χ0) is 15.4. The van der Waals surface area contributed by atoms with E-state index in [4.69, 9.17) is 9.84 Å². The number of methoxy groups -OCH3 is 1. The van der Waals surface area contributed by atoms with E-state index < -0.39 is 12.0 Å². The van der Waals surface area contributed by atoms with Crippen molar-refractivity contribution in [3.05, 3.63) is 18.2 Å². The van der Waals surface area contributed by atoms with Gasteiger partial charge in [-0.1, -0.05) is 11.8 Å². The summed E-state index contributed by atoms with van der Waals surface area (Å²) >= 11 is 1.24. The van der Waals surface area contributed by atoms with Crippen molar-refractivity contribution in [3.63, 3.8) is 0 Å². The van der Waals surface area contributed by atoms with Crippen molar-refractivity contribution in [2.45, 2.75) is 18.1 Å². The third-order valence-corrected chi connectivity index (χ3v) is 3.70. The molecular weight excluding hydrogens is 294 g/mol. The summed E-state index contributed by atoms with van der Waals surface area (Å²) in [6, 6.07) is 4.48. The normalized spacial score (nSPS) is 12.1. The van der Waals surface area contributed by atoms with E-state index in [0.717, 1.165) is 11.0 Å². The first-order valence-corrected chi connectivity index (χ1v) is 7.14. The molecule has 3 N–H and O–H groups in total. The Morgan fingerprint density at radius 3 is 2.90 bits per heavy atom. The number of carboxylic acids is 1. The van der Waals surface area contributed by atoms with E-state index in [9.17, 15) is 9.59 Å². The molecule has 1 amide bonds. The highest BCUT2D eigenvalue weighted by Gasteiger charge is 2.19. The lowest BCUT2D eigenvalue weighted by molar-refractivity contribution is -0.140. The number of carboxylic acid groups (broad SMARTS) is 1. The number of fused-ring (bicyclic) bond motifs is 1. The van der Waals surface area contributed by atoms with Gasteiger partial charge in [0.15, 0.2) is 5.16 Å². The first-order chi connectivity index (χ1) is 9.99. The summed E-state index contributed by atoms with van der Waals surface area (Å²) in [5.41, 5.74) is 1.58. The standard InChI is InChI=1S/C13H15N3O4S/c1-7(17)14-11(12(18)19)6-21-13-15-9-4-3-8(20-2)5-10(9)16-13/h3-5,11H,6H2,1-2H3,(H,14,17)(H,15,16)(H,18,19). The van der Waals surface area contributed by atoms with Crippen LogP contribution in [0, 0.1) is 0 Å². The fourth-order valence-electron chi connectivity index (χ4n) is 1.74. The van der Waals surface area contributed by atoms with Crippen molar-refractivity contribution in [1.82, 2.24) is 15.3 Å². The molecule has 0 spiro atoms. The molecule has 8 heteroatoms. The fraction of sp³-hybridized carbons (Fsp3) is 0.308. The minimum atomic E-state index is -1.07. The lowest BCUT2D eigenvalue weighted by Gasteiger charge is -2.11. The fourth-order valence-corrected chi connectivity index (χ4v) is 2.64. The molecule has 7 nitrogen and oxygen atoms in total. The summed E-state index contributed by atoms with van der Waals surface area (Å²) in [4.78, 5) is 29.4. The summed E-state index contributed by atoms with van der Waals surface area (Å²) in [5, 5.41) is 12.0. The van der Waals surface area contributed by atoms with E-state index in [1.165, 1.54) is 18.7 Å². The number of ether oxygens (including phenoxy) is 1. The van der Waals surface area contributed by atoms with Crippen LogP contribution in [0.25, 0.3) is 11.0 Å². The molecule has 0 bridgehead atoms. The van der Waals surface area contributed by atoms with Crippen LogP contribution >= 0.6 is 11.8 Å². The summed E-state index contributed by atoms with van der Waals surface area (Å²) in [5.74, 6) is -0.552. The minimum absolute atomic E-state index is 0.186. The van der Waals surface area contributed by atoms with E-state index in [-0.39, 0.29) is 11.7 Å². The van der Waals surface area contributed by atoms with Crippen LogP contribution in [0.15, 0.2) is 23.4 Å². The maximum atomic E-state index is 11.0. The third-order valence-electron chi connectivity index (χ3n) is 2.73. The molecule has 0 saturated heterocycles. The number of nitrogens with zero attached hydrogens (tertiary/aromatic N) is 1. The number of nitrogens with one attached hydrogen (secondary N) is 2. The number of carbonyl (C=O) groups excluding carboxylic acids is 1. The lowest BCUT2D eigenvalue weighted by Crippen LogP contribution is -2.41. The molecule has 1 aromatic heterocycles. The van der Waals surface area contributed by atoms with E-state index >= 15 is 0 Å². The maximum Gasteiger partial charge on any atom is 0.327 e. The topological polar surface area (TPSA) is 104 Å². The number of thioether (sulfide) groups is 1. The Balaban J connectivity index is 2.08. The van der Waals surface area contributed by atoms with Gasteiger partial charge in [0.05, 0.1) is 18.1 Å². The van der Waals surface area contributed by atoms with E-state index in [0.29, 0.717) is 10.9 Å². The molecule has 1 aromatic carbocycles. The van der Waals surface area contributed by atoms with Gasteiger partial charge in [0, 0.05) is 18.7 Å². The van der Waals surface area contributed by atoms with Gasteiger partial charge in [0.1, 0.15) is 11.8 Å². The zero-order valence-electron chi connectivity index (χ0n) is 11.5. The van der Waals surface area contributed by atoms with Crippen LogP contribution in [0.3, 0.4) is 0 Å². The number of amides is 1. The van der Waals surface area contributed by atoms with E-state index in [2.05, 4.69) is 15.3 Å². The molecule has 0 radical (unpaired) electrons. The second-order valence-electron chi connectivity index (χ2n) is 4.33. The molecule has 0 aliphatic carbocycles. The number of benzene rings is 1. The average molecular weight is 309 g/mol. The Morgan fingerprint density at radius 1 is 1.52 bits per heavy atom. The van der Waals surface area contributed by atoms with E-state index in [1.54, 1.807) is 13.2 Å². The van der Waals surface area contributed by atoms with Crippen LogP contribution < -0.4 is 10.1 Å². The summed E-state index contributed by atoms with van der Waals surface area (Å²) in [7, 11) is 1.58. The predicted octanol–water partition coefficient (Wildman–Crippen LogP) is 1.25. The van der Waals surface area contributed by atoms with Gasteiger partial charge in [-0.2, -0.15) is 0 Å². The van der Waals surface area contributed by atoms with Crippen molar-refractivity contribution in [2.75, 3.05) is 12.9 Å². The molecule has 1 unspecified atom stereocenters. The molecular formula is C13H15N3O4S. The van der Waals surface area contributed by atoms with Crippen LogP contribution in [-0.2, 0) is 9.59 Å². The molecule has 112 valence electrons. The Kier molecular flexibility index (Phi) is 4.69. The smallest absolute Gasteiger partial charge is 0.327 e. The first-order valence-electron chi connectivity index (χ1n) is 6.16. The SMILES string of the molecule is COc1ccc2nc(SCC(NC(C)=O)C(=O)O)[nH]c2c1. The van der Waals surface area contributed by atoms with Gasteiger partial charge in [0.2, 0.25) is 5.91 Å². The van der Waals surface area contributed by atoms with Gasteiger partial charge in [-0.05, 0) is 12.1 Å². The summed E-state index contributed by atoms with van der Waals surface area (Å²) < 4.78 is 5.13. The second-order valence-corrected chi connectivity index (χ2v) is 5.34. The van der Waals surface area contributed by atoms with E-state index in [1.807, 2.05) is 12.1 Å². The number of aromatic amines is 1. The van der Waals surface area contributed by atoms with Crippen molar-refractivity contribution in [2.24, 2.45) is 0 Å². The van der Waals surface area contributed by atoms with Crippen molar-refractivity contribution in [3.8, 4) is 5.75 Å². The highest BCUT2D eigenvalue weighted by atomic mass is 32.2. The molecule has 1 atom stereocenters.